The summed E-state index contributed by atoms with van der Waals surface area (Å²) in [5.74, 6) is 0.510. The second-order valence-electron chi connectivity index (χ2n) is 12.1. The van der Waals surface area contributed by atoms with E-state index in [-0.39, 0.29) is 24.0 Å². The number of aliphatic hydroxyl groups is 1. The molecule has 0 bridgehead atoms. The van der Waals surface area contributed by atoms with Crippen LogP contribution in [0.1, 0.15) is 29.9 Å². The monoisotopic (exact) mass is 654 g/mol. The second kappa shape index (κ2) is 12.6. The van der Waals surface area contributed by atoms with Gasteiger partial charge in [0, 0.05) is 48.2 Å². The number of hydrogen-bond donors (Lipinski definition) is 3. The van der Waals surface area contributed by atoms with Gasteiger partial charge >= 0.3 is 0 Å². The molecule has 1 saturated heterocycles. The van der Waals surface area contributed by atoms with E-state index in [1.807, 2.05) is 12.1 Å². The summed E-state index contributed by atoms with van der Waals surface area (Å²) >= 11 is 6.21. The van der Waals surface area contributed by atoms with Gasteiger partial charge in [-0.05, 0) is 63.2 Å². The molecule has 4 N–H and O–H groups in total. The Hall–Kier alpha value is -5.04. The van der Waals surface area contributed by atoms with Crippen molar-refractivity contribution < 1.29 is 14.6 Å². The van der Waals surface area contributed by atoms with Gasteiger partial charge < -0.3 is 25.8 Å². The van der Waals surface area contributed by atoms with Crippen molar-refractivity contribution in [3.05, 3.63) is 99.7 Å². The van der Waals surface area contributed by atoms with Crippen molar-refractivity contribution in [2.45, 2.75) is 39.0 Å². The fourth-order valence-electron chi connectivity index (χ4n) is 5.51. The molecule has 1 fully saturated rings. The molecule has 13 heteroatoms. The summed E-state index contributed by atoms with van der Waals surface area (Å²) in [4.78, 5) is 43.0. The maximum absolute atomic E-state index is 13.7. The fraction of sp³-hybridized carbons (Fsp3) is 0.265. The lowest BCUT2D eigenvalue weighted by atomic mass is 10.1. The van der Waals surface area contributed by atoms with Crippen LogP contribution in [-0.4, -0.2) is 67.2 Å². The van der Waals surface area contributed by atoms with Crippen LogP contribution in [0.5, 0.6) is 0 Å². The van der Waals surface area contributed by atoms with Crippen LogP contribution >= 0.6 is 11.6 Å². The molecule has 242 valence electrons. The summed E-state index contributed by atoms with van der Waals surface area (Å²) in [6, 6.07) is 17.6. The Morgan fingerprint density at radius 3 is 2.53 bits per heavy atom. The van der Waals surface area contributed by atoms with E-state index >= 15 is 0 Å². The van der Waals surface area contributed by atoms with Crippen molar-refractivity contribution in [2.24, 2.45) is 0 Å². The number of pyridine rings is 1. The number of benzene rings is 2. The smallest absolute Gasteiger partial charge is 0.284 e. The first-order chi connectivity index (χ1) is 22.4. The SMILES string of the molecule is COC1CN(c2cc(-c3cnc(N)c(-c4ccc(NC(=O)c5c(C)n(CC(C)(C)O)n(-c6cccc(Cl)c6)c5=O)cc4)n3)ccn2)C1. The number of ether oxygens (including phenoxy) is 1. The molecule has 0 spiro atoms. The van der Waals surface area contributed by atoms with E-state index in [0.717, 1.165) is 24.5 Å². The molecule has 1 aliphatic rings. The highest BCUT2D eigenvalue weighted by molar-refractivity contribution is 6.30. The quantitative estimate of drug-likeness (QED) is 0.208. The molecule has 0 unspecified atom stereocenters. The van der Waals surface area contributed by atoms with Gasteiger partial charge in [-0.1, -0.05) is 29.8 Å². The van der Waals surface area contributed by atoms with E-state index in [2.05, 4.69) is 20.2 Å². The van der Waals surface area contributed by atoms with Gasteiger partial charge in [0.2, 0.25) is 0 Å². The molecular weight excluding hydrogens is 620 g/mol. The van der Waals surface area contributed by atoms with Crippen molar-refractivity contribution in [3.8, 4) is 28.2 Å². The van der Waals surface area contributed by atoms with Crippen LogP contribution < -0.4 is 21.5 Å². The first-order valence-electron chi connectivity index (χ1n) is 15.0. The first kappa shape index (κ1) is 31.9. The predicted molar refractivity (Wildman–Crippen MR) is 182 cm³/mol. The molecule has 6 rings (SSSR count). The fourth-order valence-corrected chi connectivity index (χ4v) is 5.70. The topological polar surface area (TPSA) is 153 Å². The number of rotatable bonds is 9. The molecule has 1 aliphatic heterocycles. The third-order valence-electron chi connectivity index (χ3n) is 7.98. The number of nitrogen functional groups attached to an aromatic ring is 1. The van der Waals surface area contributed by atoms with Crippen molar-refractivity contribution in [2.75, 3.05) is 36.1 Å². The van der Waals surface area contributed by atoms with Crippen molar-refractivity contribution >= 4 is 34.8 Å². The predicted octanol–water partition coefficient (Wildman–Crippen LogP) is 4.56. The van der Waals surface area contributed by atoms with Crippen LogP contribution in [0.15, 0.2) is 77.9 Å². The maximum atomic E-state index is 13.7. The van der Waals surface area contributed by atoms with E-state index in [4.69, 9.17) is 27.1 Å². The van der Waals surface area contributed by atoms with Crippen molar-refractivity contribution in [1.82, 2.24) is 24.3 Å². The number of amides is 1. The Morgan fingerprint density at radius 2 is 1.85 bits per heavy atom. The summed E-state index contributed by atoms with van der Waals surface area (Å²) in [7, 11) is 1.71. The lowest BCUT2D eigenvalue weighted by Gasteiger charge is -2.39. The molecule has 0 aliphatic carbocycles. The molecular formula is C34H35ClN8O4. The highest BCUT2D eigenvalue weighted by Crippen LogP contribution is 2.29. The zero-order chi connectivity index (χ0) is 33.5. The van der Waals surface area contributed by atoms with E-state index in [1.54, 1.807) is 93.5 Å². The molecule has 2 aromatic carbocycles. The summed E-state index contributed by atoms with van der Waals surface area (Å²) < 4.78 is 8.33. The number of carbonyl (C=O) groups excluding carboxylic acids is 1. The number of methoxy groups -OCH3 is 1. The molecule has 47 heavy (non-hydrogen) atoms. The van der Waals surface area contributed by atoms with E-state index in [0.29, 0.717) is 39.0 Å². The van der Waals surface area contributed by atoms with E-state index < -0.39 is 17.1 Å². The molecule has 4 heterocycles. The number of aromatic nitrogens is 5. The molecule has 0 atom stereocenters. The Balaban J connectivity index is 1.25. The van der Waals surface area contributed by atoms with Gasteiger partial charge in [-0.15, -0.1) is 0 Å². The molecule has 5 aromatic rings. The van der Waals surface area contributed by atoms with Crippen LogP contribution in [-0.2, 0) is 11.3 Å². The lowest BCUT2D eigenvalue weighted by Crippen LogP contribution is -2.52. The van der Waals surface area contributed by atoms with Gasteiger partial charge in [-0.3, -0.25) is 14.3 Å². The van der Waals surface area contributed by atoms with E-state index in [9.17, 15) is 14.7 Å². The minimum atomic E-state index is -1.16. The summed E-state index contributed by atoms with van der Waals surface area (Å²) in [6.07, 6.45) is 3.57. The number of hydrogen-bond acceptors (Lipinski definition) is 9. The second-order valence-corrected chi connectivity index (χ2v) is 12.5. The highest BCUT2D eigenvalue weighted by atomic mass is 35.5. The normalized spacial score (nSPS) is 13.4. The highest BCUT2D eigenvalue weighted by Gasteiger charge is 2.28. The zero-order valence-corrected chi connectivity index (χ0v) is 27.2. The van der Waals surface area contributed by atoms with Crippen LogP contribution in [0, 0.1) is 6.92 Å². The van der Waals surface area contributed by atoms with Crippen LogP contribution in [0.3, 0.4) is 0 Å². The summed E-state index contributed by atoms with van der Waals surface area (Å²) in [5.41, 5.74) is 8.52. The Morgan fingerprint density at radius 1 is 1.11 bits per heavy atom. The number of nitrogens with one attached hydrogen (secondary N) is 1. The number of carbonyl (C=O) groups is 1. The molecule has 0 radical (unpaired) electrons. The molecule has 0 saturated carbocycles. The Labute approximate surface area is 276 Å². The lowest BCUT2D eigenvalue weighted by molar-refractivity contribution is 0.0546. The van der Waals surface area contributed by atoms with E-state index in [1.165, 1.54) is 4.68 Å². The largest absolute Gasteiger partial charge is 0.389 e. The standard InChI is InChI=1S/C34H35ClN8O4/c1-20-29(33(45)43(42(20)19-34(2,3)46)25-7-5-6-23(35)15-25)32(44)39-24-10-8-21(9-11-24)30-31(36)38-16-27(40-30)22-12-13-37-28(14-22)41-17-26(18-41)47-4/h5-16,26,46H,17-19H2,1-4H3,(H2,36,38)(H,39,44). The zero-order valence-electron chi connectivity index (χ0n) is 26.4. The minimum Gasteiger partial charge on any atom is -0.389 e. The Bertz CT molecular complexity index is 2010. The summed E-state index contributed by atoms with van der Waals surface area (Å²) in [6.45, 7) is 6.56. The van der Waals surface area contributed by atoms with Gasteiger partial charge in [0.05, 0.1) is 41.5 Å². The van der Waals surface area contributed by atoms with Crippen molar-refractivity contribution in [1.29, 1.82) is 0 Å². The average Bonchev–Trinajstić information content (AvgIpc) is 3.24. The van der Waals surface area contributed by atoms with Gasteiger partial charge in [0.1, 0.15) is 22.9 Å². The molecule has 12 nitrogen and oxygen atoms in total. The number of nitrogens with zero attached hydrogens (tertiary/aromatic N) is 6. The number of nitrogens with two attached hydrogens (primary N) is 1. The molecule has 3 aromatic heterocycles. The van der Waals surface area contributed by atoms with Crippen LogP contribution in [0.2, 0.25) is 5.02 Å². The third kappa shape index (κ3) is 6.61. The minimum absolute atomic E-state index is 0.0474. The van der Waals surface area contributed by atoms with Gasteiger partial charge in [0.25, 0.3) is 11.5 Å². The van der Waals surface area contributed by atoms with Crippen molar-refractivity contribution in [3.63, 3.8) is 0 Å². The summed E-state index contributed by atoms with van der Waals surface area (Å²) in [5, 5.41) is 13.9. The maximum Gasteiger partial charge on any atom is 0.284 e. The molecule has 1 amide bonds. The van der Waals surface area contributed by atoms with Gasteiger partial charge in [-0.25, -0.2) is 19.6 Å². The number of anilines is 3. The van der Waals surface area contributed by atoms with Gasteiger partial charge in [0.15, 0.2) is 0 Å². The van der Waals surface area contributed by atoms with Crippen LogP contribution in [0.25, 0.3) is 28.2 Å². The Kier molecular flexibility index (Phi) is 8.58. The average molecular weight is 655 g/mol. The van der Waals surface area contributed by atoms with Gasteiger partial charge in [-0.2, -0.15) is 0 Å². The third-order valence-corrected chi connectivity index (χ3v) is 8.21. The number of halogens is 1. The van der Waals surface area contributed by atoms with Crippen LogP contribution in [0.4, 0.5) is 17.3 Å². The first-order valence-corrected chi connectivity index (χ1v) is 15.4.